The number of fused-ring (bicyclic) bond motifs is 6. The van der Waals surface area contributed by atoms with Crippen LogP contribution in [0.3, 0.4) is 0 Å². The molecular formula is C71H76Cl3N15O8S3. The van der Waals surface area contributed by atoms with Crippen LogP contribution >= 0.6 is 70.1 Å². The Morgan fingerprint density at radius 2 is 0.770 bits per heavy atom. The number of pyridine rings is 3. The summed E-state index contributed by atoms with van der Waals surface area (Å²) in [7, 11) is 0. The molecule has 522 valence electrons. The molecule has 15 rings (SSSR count). The first kappa shape index (κ1) is 70.2. The highest BCUT2D eigenvalue weighted by atomic mass is 35.5. The number of aliphatic hydroxyl groups is 2. The van der Waals surface area contributed by atoms with Gasteiger partial charge < -0.3 is 69.1 Å². The van der Waals surface area contributed by atoms with E-state index in [9.17, 15) is 24.6 Å². The molecule has 3 aliphatic heterocycles. The molecule has 0 bridgehead atoms. The van der Waals surface area contributed by atoms with Crippen molar-refractivity contribution in [2.45, 2.75) is 141 Å². The van der Waals surface area contributed by atoms with E-state index in [1.807, 2.05) is 77.7 Å². The topological polar surface area (TPSA) is 311 Å². The van der Waals surface area contributed by atoms with E-state index in [1.165, 1.54) is 49.1 Å². The average molecular weight is 1470 g/mol. The Morgan fingerprint density at radius 1 is 0.480 bits per heavy atom. The molecule has 3 saturated heterocycles. The Kier molecular flexibility index (Phi) is 21.7. The molecule has 9 aromatic heterocycles. The molecule has 3 fully saturated rings. The SMILES string of the molecule is CC(=O)N1CCC(CCn2c(Sc3cc4occc4cc3Cl)nc3c(N)nccc32)CC1.C[C@@H](O)C(=O)N1CCC(CCn2c(Sc3cc4occc4cc3Cl)nc3c(N)nccc32)CC1.C[C@H](O)C(=O)N1CCC(CCn2c(Sc3cc4occc4cc3Cl)nc3c(N)nccc32)CC1. The van der Waals surface area contributed by atoms with Gasteiger partial charge in [0.2, 0.25) is 5.91 Å². The molecule has 100 heavy (non-hydrogen) atoms. The van der Waals surface area contributed by atoms with Crippen molar-refractivity contribution in [3.8, 4) is 0 Å². The van der Waals surface area contributed by atoms with Gasteiger partial charge in [0, 0.05) is 115 Å². The molecule has 0 saturated carbocycles. The maximum Gasteiger partial charge on any atom is 0.251 e. The second-order valence-electron chi connectivity index (χ2n) is 25.6. The molecule has 12 heterocycles. The van der Waals surface area contributed by atoms with Gasteiger partial charge in [-0.25, -0.2) is 29.9 Å². The van der Waals surface area contributed by atoms with Crippen LogP contribution in [0, 0.1) is 17.8 Å². The van der Waals surface area contributed by atoms with Crippen molar-refractivity contribution < 1.29 is 37.8 Å². The Hall–Kier alpha value is -8.21. The Labute approximate surface area is 603 Å². The normalized spacial score (nSPS) is 15.7. The number of aryl methyl sites for hydroxylation is 3. The molecule has 0 aliphatic carbocycles. The van der Waals surface area contributed by atoms with E-state index in [0.29, 0.717) is 93.0 Å². The number of hydrogen-bond donors (Lipinski definition) is 5. The minimum atomic E-state index is -0.945. The second-order valence-corrected chi connectivity index (χ2v) is 29.8. The van der Waals surface area contributed by atoms with Crippen LogP contribution in [0.15, 0.2) is 154 Å². The van der Waals surface area contributed by atoms with Crippen molar-refractivity contribution >= 4 is 171 Å². The fourth-order valence-corrected chi connectivity index (χ4v) is 17.1. The maximum absolute atomic E-state index is 12.1. The zero-order valence-electron chi connectivity index (χ0n) is 55.3. The lowest BCUT2D eigenvalue weighted by molar-refractivity contribution is -0.141. The summed E-state index contributed by atoms with van der Waals surface area (Å²) in [6.07, 6.45) is 16.8. The molecule has 0 radical (unpaired) electrons. The molecule has 0 spiro atoms. The average Bonchev–Trinajstić information content (AvgIpc) is 1.64. The van der Waals surface area contributed by atoms with Crippen molar-refractivity contribution in [2.24, 2.45) is 17.8 Å². The van der Waals surface area contributed by atoms with Gasteiger partial charge in [0.1, 0.15) is 45.5 Å². The number of imidazole rings is 3. The smallest absolute Gasteiger partial charge is 0.251 e. The van der Waals surface area contributed by atoms with Gasteiger partial charge in [0.25, 0.3) is 11.8 Å². The predicted molar refractivity (Wildman–Crippen MR) is 393 cm³/mol. The number of aliphatic hydroxyl groups excluding tert-OH is 2. The molecule has 3 amide bonds. The molecule has 3 aromatic carbocycles. The first-order valence-corrected chi connectivity index (χ1v) is 36.9. The first-order valence-electron chi connectivity index (χ1n) is 33.4. The molecule has 12 aromatic rings. The molecule has 8 N–H and O–H groups in total. The van der Waals surface area contributed by atoms with E-state index in [1.54, 1.807) is 54.1 Å². The van der Waals surface area contributed by atoms with Gasteiger partial charge in [-0.1, -0.05) is 34.8 Å². The van der Waals surface area contributed by atoms with Crippen molar-refractivity contribution in [3.05, 3.63) is 125 Å². The number of halogens is 3. The van der Waals surface area contributed by atoms with Gasteiger partial charge in [-0.15, -0.1) is 0 Å². The van der Waals surface area contributed by atoms with Crippen LogP contribution in [0.1, 0.15) is 78.6 Å². The van der Waals surface area contributed by atoms with Crippen LogP contribution in [0.25, 0.3) is 66.0 Å². The van der Waals surface area contributed by atoms with E-state index in [0.717, 1.165) is 170 Å². The van der Waals surface area contributed by atoms with Gasteiger partial charge in [-0.3, -0.25) is 14.4 Å². The second kappa shape index (κ2) is 30.9. The van der Waals surface area contributed by atoms with Crippen molar-refractivity contribution in [3.63, 3.8) is 0 Å². The van der Waals surface area contributed by atoms with Crippen LogP contribution in [0.2, 0.25) is 15.1 Å². The number of benzene rings is 3. The van der Waals surface area contributed by atoms with Crippen molar-refractivity contribution in [2.75, 3.05) is 56.5 Å². The zero-order valence-corrected chi connectivity index (χ0v) is 60.0. The fourth-order valence-electron chi connectivity index (χ4n) is 13.3. The summed E-state index contributed by atoms with van der Waals surface area (Å²) in [5.41, 5.74) is 25.6. The lowest BCUT2D eigenvalue weighted by Crippen LogP contribution is -2.43. The van der Waals surface area contributed by atoms with E-state index in [2.05, 4.69) is 28.7 Å². The highest BCUT2D eigenvalue weighted by Gasteiger charge is 2.29. The molecule has 3 aliphatic rings. The molecule has 29 heteroatoms. The molecule has 0 unspecified atom stereocenters. The van der Waals surface area contributed by atoms with Crippen LogP contribution in [0.5, 0.6) is 0 Å². The summed E-state index contributed by atoms with van der Waals surface area (Å²) in [6.45, 7) is 11.4. The minimum Gasteiger partial charge on any atom is -0.464 e. The number of hydrogen-bond acceptors (Lipinski definition) is 20. The number of piperidine rings is 3. The van der Waals surface area contributed by atoms with Gasteiger partial charge in [-0.05, 0) is 197 Å². The standard InChI is InChI=1S/2C24H26ClN5O3S.C23H24ClN5O2S/c2*1-14(31)23(32)29-8-3-15(4-9-29)5-10-30-18-2-7-27-22(26)21(18)28-24(30)34-20-13-19-16(6-11-33-19)12-17(20)25;1-14(30)28-8-3-15(4-9-28)5-10-29-18-2-7-26-22(25)21(18)27-23(29)32-20-13-19-16(6-11-31-19)12-17(20)24/h2*2,6-7,11-15,31H,3-5,8-10H2,1H3,(H2,26,27);2,6-7,11-13,15H,3-5,8-10H2,1H3,(H2,25,26)/t2*14-;/m10./s1. The van der Waals surface area contributed by atoms with Gasteiger partial charge in [0.15, 0.2) is 32.9 Å². The molecule has 2 atom stereocenters. The van der Waals surface area contributed by atoms with E-state index in [4.69, 9.17) is 80.2 Å². The molecular weight excluding hydrogens is 1390 g/mol. The third-order valence-electron chi connectivity index (χ3n) is 19.0. The number of carbonyl (C=O) groups is 3. The number of nitrogens with two attached hydrogens (primary N) is 3. The van der Waals surface area contributed by atoms with E-state index >= 15 is 0 Å². The number of carbonyl (C=O) groups excluding carboxylic acids is 3. The van der Waals surface area contributed by atoms with E-state index in [-0.39, 0.29) is 17.7 Å². The monoisotopic (exact) mass is 1470 g/mol. The minimum absolute atomic E-state index is 0.163. The summed E-state index contributed by atoms with van der Waals surface area (Å²) in [5, 5.41) is 26.4. The Morgan fingerprint density at radius 3 is 1.05 bits per heavy atom. The number of rotatable bonds is 17. The fraction of sp³-hybridized carbons (Fsp3) is 0.366. The largest absolute Gasteiger partial charge is 0.464 e. The first-order chi connectivity index (χ1) is 48.3. The Bertz CT molecular complexity index is 4740. The van der Waals surface area contributed by atoms with Crippen LogP contribution in [-0.2, 0) is 34.0 Å². The third kappa shape index (κ3) is 15.6. The number of nitrogens with zero attached hydrogens (tertiary/aromatic N) is 12. The summed E-state index contributed by atoms with van der Waals surface area (Å²) < 4.78 is 23.2. The number of nitrogen functional groups attached to an aromatic ring is 3. The predicted octanol–water partition coefficient (Wildman–Crippen LogP) is 14.4. The van der Waals surface area contributed by atoms with Crippen LogP contribution in [0.4, 0.5) is 17.5 Å². The van der Waals surface area contributed by atoms with Crippen molar-refractivity contribution in [1.82, 2.24) is 58.3 Å². The quantitative estimate of drug-likeness (QED) is 0.0565. The third-order valence-corrected chi connectivity index (χ3v) is 23.4. The van der Waals surface area contributed by atoms with Crippen LogP contribution < -0.4 is 17.2 Å². The van der Waals surface area contributed by atoms with Gasteiger partial charge in [-0.2, -0.15) is 0 Å². The molecule has 23 nitrogen and oxygen atoms in total. The number of anilines is 3. The van der Waals surface area contributed by atoms with Gasteiger partial charge in [0.05, 0.1) is 50.4 Å². The Balaban J connectivity index is 0.000000134. The summed E-state index contributed by atoms with van der Waals surface area (Å²) in [6, 6.07) is 23.0. The zero-order chi connectivity index (χ0) is 69.9. The summed E-state index contributed by atoms with van der Waals surface area (Å²) >= 11 is 24.2. The maximum atomic E-state index is 12.1. The highest BCUT2D eigenvalue weighted by Crippen LogP contribution is 2.42. The van der Waals surface area contributed by atoms with Crippen molar-refractivity contribution in [1.29, 1.82) is 0 Å². The summed E-state index contributed by atoms with van der Waals surface area (Å²) in [5.74, 6) is 2.54. The number of aromatic nitrogens is 9. The van der Waals surface area contributed by atoms with Crippen LogP contribution in [-0.4, -0.2) is 138 Å². The number of likely N-dealkylation sites (tertiary alicyclic amines) is 3. The lowest BCUT2D eigenvalue weighted by atomic mass is 9.93. The van der Waals surface area contributed by atoms with Gasteiger partial charge >= 0.3 is 0 Å². The summed E-state index contributed by atoms with van der Waals surface area (Å²) in [4.78, 5) is 70.8. The number of furan rings is 3. The van der Waals surface area contributed by atoms with E-state index < -0.39 is 12.2 Å². The number of amides is 3. The lowest BCUT2D eigenvalue weighted by Gasteiger charge is -2.32. The highest BCUT2D eigenvalue weighted by molar-refractivity contribution is 7.99.